The van der Waals surface area contributed by atoms with Crippen LogP contribution >= 0.6 is 11.6 Å². The summed E-state index contributed by atoms with van der Waals surface area (Å²) >= 11 is 5.86. The maximum Gasteiger partial charge on any atom is 0.253 e. The first-order valence-corrected chi connectivity index (χ1v) is 6.19. The van der Waals surface area contributed by atoms with Gasteiger partial charge in [0.15, 0.2) is 0 Å². The summed E-state index contributed by atoms with van der Waals surface area (Å²) in [6, 6.07) is 6.58. The summed E-state index contributed by atoms with van der Waals surface area (Å²) in [5.41, 5.74) is -0.665. The van der Waals surface area contributed by atoms with Crippen LogP contribution in [0.1, 0.15) is 24.2 Å². The van der Waals surface area contributed by atoms with Gasteiger partial charge in [-0.2, -0.15) is 0 Å². The monoisotopic (exact) mass is 284 g/mol. The molecule has 3 N–H and O–H groups in total. The highest BCUT2D eigenvalue weighted by atomic mass is 35.5. The predicted octanol–water partition coefficient (Wildman–Crippen LogP) is 0.957. The number of nitrogens with one attached hydrogen (secondary N) is 2. The van der Waals surface area contributed by atoms with Crippen LogP contribution in [0.2, 0.25) is 5.02 Å². The molecule has 6 heteroatoms. The molecule has 1 aromatic rings. The molecule has 1 aromatic carbocycles. The second-order valence-corrected chi connectivity index (χ2v) is 5.16. The maximum absolute atomic E-state index is 11.7. The van der Waals surface area contributed by atoms with Gasteiger partial charge in [-0.1, -0.05) is 23.7 Å². The SMILES string of the molecule is CC(C)(O)CNC(=O)CNC(=O)c1ccccc1Cl. The van der Waals surface area contributed by atoms with Crippen LogP contribution in [0, 0.1) is 0 Å². The van der Waals surface area contributed by atoms with E-state index in [1.165, 1.54) is 0 Å². The molecule has 0 radical (unpaired) electrons. The summed E-state index contributed by atoms with van der Waals surface area (Å²) < 4.78 is 0. The van der Waals surface area contributed by atoms with Crippen LogP contribution in [0.25, 0.3) is 0 Å². The lowest BCUT2D eigenvalue weighted by atomic mass is 10.1. The van der Waals surface area contributed by atoms with E-state index in [2.05, 4.69) is 10.6 Å². The van der Waals surface area contributed by atoms with E-state index in [9.17, 15) is 14.7 Å². The minimum Gasteiger partial charge on any atom is -0.389 e. The number of benzene rings is 1. The van der Waals surface area contributed by atoms with Crippen molar-refractivity contribution in [3.63, 3.8) is 0 Å². The highest BCUT2D eigenvalue weighted by Crippen LogP contribution is 2.14. The Bertz CT molecular complexity index is 469. The summed E-state index contributed by atoms with van der Waals surface area (Å²) in [7, 11) is 0. The smallest absolute Gasteiger partial charge is 0.253 e. The van der Waals surface area contributed by atoms with Crippen LogP contribution in [0.4, 0.5) is 0 Å². The average molecular weight is 285 g/mol. The molecule has 0 aliphatic rings. The number of aliphatic hydroxyl groups is 1. The molecule has 0 aliphatic heterocycles. The topological polar surface area (TPSA) is 78.4 Å². The fourth-order valence-corrected chi connectivity index (χ4v) is 1.50. The van der Waals surface area contributed by atoms with Gasteiger partial charge in [-0.05, 0) is 26.0 Å². The number of hydrogen-bond donors (Lipinski definition) is 3. The fourth-order valence-electron chi connectivity index (χ4n) is 1.28. The van der Waals surface area contributed by atoms with E-state index in [1.807, 2.05) is 0 Å². The molecule has 0 heterocycles. The van der Waals surface area contributed by atoms with E-state index < -0.39 is 11.5 Å². The van der Waals surface area contributed by atoms with Crippen LogP contribution in [-0.2, 0) is 4.79 Å². The van der Waals surface area contributed by atoms with Gasteiger partial charge in [-0.25, -0.2) is 0 Å². The van der Waals surface area contributed by atoms with Crippen LogP contribution in [0.15, 0.2) is 24.3 Å². The minimum atomic E-state index is -0.984. The summed E-state index contributed by atoms with van der Waals surface area (Å²) in [6.45, 7) is 3.11. The van der Waals surface area contributed by atoms with E-state index in [-0.39, 0.29) is 19.0 Å². The second kappa shape index (κ2) is 6.54. The Balaban J connectivity index is 2.43. The van der Waals surface area contributed by atoms with E-state index in [0.717, 1.165) is 0 Å². The Hall–Kier alpha value is -1.59. The summed E-state index contributed by atoms with van der Waals surface area (Å²) in [6.07, 6.45) is 0. The Labute approximate surface area is 117 Å². The highest BCUT2D eigenvalue weighted by molar-refractivity contribution is 6.33. The van der Waals surface area contributed by atoms with Crippen LogP contribution in [0.3, 0.4) is 0 Å². The zero-order chi connectivity index (χ0) is 14.5. The van der Waals surface area contributed by atoms with Crippen molar-refractivity contribution in [2.75, 3.05) is 13.1 Å². The highest BCUT2D eigenvalue weighted by Gasteiger charge is 2.15. The first-order valence-electron chi connectivity index (χ1n) is 5.81. The number of carbonyl (C=O) groups excluding carboxylic acids is 2. The molecule has 0 atom stereocenters. The van der Waals surface area contributed by atoms with E-state index in [4.69, 9.17) is 11.6 Å². The largest absolute Gasteiger partial charge is 0.389 e. The third-order valence-corrected chi connectivity index (χ3v) is 2.58. The Morgan fingerprint density at radius 3 is 2.47 bits per heavy atom. The fraction of sp³-hybridized carbons (Fsp3) is 0.385. The molecule has 104 valence electrons. The molecule has 5 nitrogen and oxygen atoms in total. The molecule has 19 heavy (non-hydrogen) atoms. The molecule has 0 saturated carbocycles. The Kier molecular flexibility index (Phi) is 5.32. The van der Waals surface area contributed by atoms with Crippen molar-refractivity contribution in [2.24, 2.45) is 0 Å². The molecule has 0 aliphatic carbocycles. The molecule has 0 bridgehead atoms. The Morgan fingerprint density at radius 1 is 1.26 bits per heavy atom. The number of hydrogen-bond acceptors (Lipinski definition) is 3. The molecule has 0 saturated heterocycles. The van der Waals surface area contributed by atoms with Crippen molar-refractivity contribution in [3.05, 3.63) is 34.9 Å². The molecule has 0 fully saturated rings. The van der Waals surface area contributed by atoms with Gasteiger partial charge in [-0.15, -0.1) is 0 Å². The number of halogens is 1. The molecular weight excluding hydrogens is 268 g/mol. The zero-order valence-electron chi connectivity index (χ0n) is 10.9. The lowest BCUT2D eigenvalue weighted by molar-refractivity contribution is -0.121. The average Bonchev–Trinajstić information content (AvgIpc) is 2.33. The van der Waals surface area contributed by atoms with Crippen molar-refractivity contribution in [3.8, 4) is 0 Å². The number of rotatable bonds is 5. The zero-order valence-corrected chi connectivity index (χ0v) is 11.6. The standard InChI is InChI=1S/C13H17ClN2O3/c1-13(2,19)8-16-11(17)7-15-12(18)9-5-3-4-6-10(9)14/h3-6,19H,7-8H2,1-2H3,(H,15,18)(H,16,17). The van der Waals surface area contributed by atoms with Crippen molar-refractivity contribution >= 4 is 23.4 Å². The van der Waals surface area contributed by atoms with E-state index in [0.29, 0.717) is 10.6 Å². The normalized spacial score (nSPS) is 10.9. The predicted molar refractivity (Wildman–Crippen MR) is 73.1 cm³/mol. The van der Waals surface area contributed by atoms with Crippen LogP contribution in [0.5, 0.6) is 0 Å². The third-order valence-electron chi connectivity index (χ3n) is 2.25. The van der Waals surface area contributed by atoms with Crippen molar-refractivity contribution < 1.29 is 14.7 Å². The summed E-state index contributed by atoms with van der Waals surface area (Å²) in [5, 5.41) is 14.7. The van der Waals surface area contributed by atoms with Crippen LogP contribution < -0.4 is 10.6 Å². The minimum absolute atomic E-state index is 0.119. The first-order chi connectivity index (χ1) is 8.79. The van der Waals surface area contributed by atoms with E-state index in [1.54, 1.807) is 38.1 Å². The molecule has 1 rings (SSSR count). The number of carbonyl (C=O) groups is 2. The van der Waals surface area contributed by atoms with Gasteiger partial charge in [0.05, 0.1) is 22.7 Å². The summed E-state index contributed by atoms with van der Waals surface area (Å²) in [5.74, 6) is -0.786. The summed E-state index contributed by atoms with van der Waals surface area (Å²) in [4.78, 5) is 23.2. The Morgan fingerprint density at radius 2 is 1.89 bits per heavy atom. The molecule has 0 unspecified atom stereocenters. The first kappa shape index (κ1) is 15.5. The molecular formula is C13H17ClN2O3. The van der Waals surface area contributed by atoms with Gasteiger partial charge < -0.3 is 15.7 Å². The van der Waals surface area contributed by atoms with Crippen molar-refractivity contribution in [2.45, 2.75) is 19.4 Å². The second-order valence-electron chi connectivity index (χ2n) is 4.75. The van der Waals surface area contributed by atoms with Gasteiger partial charge in [0.25, 0.3) is 5.91 Å². The molecule has 2 amide bonds. The van der Waals surface area contributed by atoms with Gasteiger partial charge in [0.1, 0.15) is 0 Å². The third kappa shape index (κ3) is 5.72. The van der Waals surface area contributed by atoms with Gasteiger partial charge >= 0.3 is 0 Å². The number of amides is 2. The van der Waals surface area contributed by atoms with E-state index >= 15 is 0 Å². The lowest BCUT2D eigenvalue weighted by Crippen LogP contribution is -2.43. The van der Waals surface area contributed by atoms with Gasteiger partial charge in [0.2, 0.25) is 5.91 Å². The van der Waals surface area contributed by atoms with Crippen molar-refractivity contribution in [1.29, 1.82) is 0 Å². The van der Waals surface area contributed by atoms with Gasteiger partial charge in [-0.3, -0.25) is 9.59 Å². The quantitative estimate of drug-likeness (QED) is 0.753. The maximum atomic E-state index is 11.7. The molecule has 0 aromatic heterocycles. The molecule has 0 spiro atoms. The lowest BCUT2D eigenvalue weighted by Gasteiger charge is -2.17. The van der Waals surface area contributed by atoms with Gasteiger partial charge in [0, 0.05) is 6.54 Å². The van der Waals surface area contributed by atoms with Crippen LogP contribution in [-0.4, -0.2) is 35.6 Å². The van der Waals surface area contributed by atoms with Crippen molar-refractivity contribution in [1.82, 2.24) is 10.6 Å².